The highest BCUT2D eigenvalue weighted by Gasteiger charge is 2.14. The van der Waals surface area contributed by atoms with Crippen LogP contribution in [-0.2, 0) is 6.54 Å². The van der Waals surface area contributed by atoms with Crippen LogP contribution >= 0.6 is 12.2 Å². The van der Waals surface area contributed by atoms with Gasteiger partial charge in [0.15, 0.2) is 16.4 Å². The Bertz CT molecular complexity index is 816. The molecule has 0 radical (unpaired) electrons. The van der Waals surface area contributed by atoms with Crippen LogP contribution in [0.2, 0.25) is 0 Å². The van der Waals surface area contributed by atoms with Crippen molar-refractivity contribution in [2.75, 3.05) is 0 Å². The maximum Gasteiger partial charge on any atom is 0.184 e. The lowest BCUT2D eigenvalue weighted by atomic mass is 10.3. The van der Waals surface area contributed by atoms with Crippen molar-refractivity contribution in [3.8, 4) is 0 Å². The lowest BCUT2D eigenvalue weighted by molar-refractivity contribution is 0.468. The van der Waals surface area contributed by atoms with E-state index in [-0.39, 0.29) is 12.1 Å². The SMILES string of the molecule is Cc1ccc(Cn2c(=S)[nH]c3ccc(F)c(F)c32)o1. The highest BCUT2D eigenvalue weighted by molar-refractivity contribution is 7.71. The number of nitrogens with zero attached hydrogens (tertiary/aromatic N) is 1. The summed E-state index contributed by atoms with van der Waals surface area (Å²) in [6, 6.07) is 6.13. The van der Waals surface area contributed by atoms with Crippen LogP contribution in [0.15, 0.2) is 28.7 Å². The number of fused-ring (bicyclic) bond motifs is 1. The molecule has 0 aliphatic rings. The van der Waals surface area contributed by atoms with Crippen molar-refractivity contribution < 1.29 is 13.2 Å². The van der Waals surface area contributed by atoms with Gasteiger partial charge in [-0.25, -0.2) is 8.78 Å². The molecular weight excluding hydrogens is 270 g/mol. The van der Waals surface area contributed by atoms with Crippen LogP contribution in [-0.4, -0.2) is 9.55 Å². The van der Waals surface area contributed by atoms with Gasteiger partial charge in [-0.3, -0.25) is 0 Å². The molecule has 0 bridgehead atoms. The molecule has 1 N–H and O–H groups in total. The molecule has 3 nitrogen and oxygen atoms in total. The molecule has 6 heteroatoms. The number of aromatic nitrogens is 2. The van der Waals surface area contributed by atoms with Gasteiger partial charge in [0.2, 0.25) is 0 Å². The van der Waals surface area contributed by atoms with E-state index < -0.39 is 11.6 Å². The molecule has 19 heavy (non-hydrogen) atoms. The number of hydrogen-bond donors (Lipinski definition) is 1. The fourth-order valence-corrected chi connectivity index (χ4v) is 2.33. The standard InChI is InChI=1S/C13H10F2N2OS/c1-7-2-3-8(18-7)6-17-12-10(16-13(17)19)5-4-9(14)11(12)15/h2-5H,6H2,1H3,(H,16,19). The minimum absolute atomic E-state index is 0.124. The third-order valence-corrected chi connectivity index (χ3v) is 3.26. The van der Waals surface area contributed by atoms with E-state index in [9.17, 15) is 8.78 Å². The van der Waals surface area contributed by atoms with Gasteiger partial charge in [-0.05, 0) is 43.4 Å². The van der Waals surface area contributed by atoms with Gasteiger partial charge in [-0.15, -0.1) is 0 Å². The molecule has 3 aromatic rings. The Kier molecular flexibility index (Phi) is 2.74. The van der Waals surface area contributed by atoms with Crippen LogP contribution in [0.4, 0.5) is 8.78 Å². The van der Waals surface area contributed by atoms with Crippen molar-refractivity contribution in [3.05, 3.63) is 52.2 Å². The Balaban J connectivity index is 2.20. The zero-order valence-corrected chi connectivity index (χ0v) is 10.9. The first kappa shape index (κ1) is 12.1. The Morgan fingerprint density at radius 2 is 2.05 bits per heavy atom. The summed E-state index contributed by atoms with van der Waals surface area (Å²) in [7, 11) is 0. The van der Waals surface area contributed by atoms with Crippen molar-refractivity contribution >= 4 is 23.3 Å². The second-order valence-electron chi connectivity index (χ2n) is 4.29. The van der Waals surface area contributed by atoms with Crippen molar-refractivity contribution in [1.82, 2.24) is 9.55 Å². The number of hydrogen-bond acceptors (Lipinski definition) is 2. The van der Waals surface area contributed by atoms with Crippen LogP contribution in [0.25, 0.3) is 11.0 Å². The van der Waals surface area contributed by atoms with E-state index in [1.54, 1.807) is 6.07 Å². The first-order valence-electron chi connectivity index (χ1n) is 5.68. The number of halogens is 2. The molecule has 1 aromatic carbocycles. The van der Waals surface area contributed by atoms with E-state index in [0.717, 1.165) is 11.8 Å². The zero-order chi connectivity index (χ0) is 13.6. The zero-order valence-electron chi connectivity index (χ0n) is 10.0. The summed E-state index contributed by atoms with van der Waals surface area (Å²) in [5, 5.41) is 0. The molecule has 0 saturated heterocycles. The third kappa shape index (κ3) is 1.98. The number of aryl methyl sites for hydroxylation is 1. The van der Waals surface area contributed by atoms with Crippen LogP contribution in [0, 0.1) is 23.3 Å². The van der Waals surface area contributed by atoms with E-state index in [0.29, 0.717) is 16.0 Å². The predicted octanol–water partition coefficient (Wildman–Crippen LogP) is 3.93. The van der Waals surface area contributed by atoms with Crippen LogP contribution in [0.3, 0.4) is 0 Å². The average molecular weight is 280 g/mol. The molecule has 0 saturated carbocycles. The summed E-state index contributed by atoms with van der Waals surface area (Å²) in [5.74, 6) is -0.412. The summed E-state index contributed by atoms with van der Waals surface area (Å²) in [5.41, 5.74) is 0.589. The maximum absolute atomic E-state index is 13.9. The fraction of sp³-hybridized carbons (Fsp3) is 0.154. The smallest absolute Gasteiger partial charge is 0.184 e. The largest absolute Gasteiger partial charge is 0.464 e. The highest BCUT2D eigenvalue weighted by Crippen LogP contribution is 2.22. The van der Waals surface area contributed by atoms with Gasteiger partial charge >= 0.3 is 0 Å². The topological polar surface area (TPSA) is 33.9 Å². The monoisotopic (exact) mass is 280 g/mol. The number of benzene rings is 1. The second-order valence-corrected chi connectivity index (χ2v) is 4.67. The van der Waals surface area contributed by atoms with E-state index in [1.165, 1.54) is 10.6 Å². The van der Waals surface area contributed by atoms with Gasteiger partial charge in [0.05, 0.1) is 12.1 Å². The lowest BCUT2D eigenvalue weighted by Crippen LogP contribution is -2.01. The summed E-state index contributed by atoms with van der Waals surface area (Å²) >= 11 is 5.14. The molecule has 0 unspecified atom stereocenters. The van der Waals surface area contributed by atoms with Crippen LogP contribution < -0.4 is 0 Å². The Labute approximate surface area is 112 Å². The molecular formula is C13H10F2N2OS. The molecule has 2 aromatic heterocycles. The van der Waals surface area contributed by atoms with Crippen molar-refractivity contribution in [2.45, 2.75) is 13.5 Å². The third-order valence-electron chi connectivity index (χ3n) is 2.94. The number of imidazole rings is 1. The highest BCUT2D eigenvalue weighted by atomic mass is 32.1. The summed E-state index contributed by atoms with van der Waals surface area (Å²) in [4.78, 5) is 2.85. The van der Waals surface area contributed by atoms with E-state index in [2.05, 4.69) is 4.98 Å². The molecule has 98 valence electrons. The maximum atomic E-state index is 13.9. The molecule has 0 amide bonds. The lowest BCUT2D eigenvalue weighted by Gasteiger charge is -2.03. The Morgan fingerprint density at radius 1 is 1.26 bits per heavy atom. The van der Waals surface area contributed by atoms with Gasteiger partial charge in [0.1, 0.15) is 17.0 Å². The minimum Gasteiger partial charge on any atom is -0.464 e. The summed E-state index contributed by atoms with van der Waals surface area (Å²) < 4.78 is 34.5. The predicted molar refractivity (Wildman–Crippen MR) is 69.6 cm³/mol. The van der Waals surface area contributed by atoms with E-state index >= 15 is 0 Å². The fourth-order valence-electron chi connectivity index (χ4n) is 2.07. The average Bonchev–Trinajstić information content (AvgIpc) is 2.90. The van der Waals surface area contributed by atoms with Crippen molar-refractivity contribution in [2.24, 2.45) is 0 Å². The molecule has 0 aliphatic heterocycles. The normalized spacial score (nSPS) is 11.3. The number of rotatable bonds is 2. The van der Waals surface area contributed by atoms with E-state index in [4.69, 9.17) is 16.6 Å². The van der Waals surface area contributed by atoms with Gasteiger partial charge in [0.25, 0.3) is 0 Å². The van der Waals surface area contributed by atoms with Gasteiger partial charge in [-0.2, -0.15) is 0 Å². The number of H-pyrrole nitrogens is 1. The number of aromatic amines is 1. The van der Waals surface area contributed by atoms with Crippen molar-refractivity contribution in [1.29, 1.82) is 0 Å². The summed E-state index contributed by atoms with van der Waals surface area (Å²) in [6.45, 7) is 2.07. The van der Waals surface area contributed by atoms with Crippen molar-refractivity contribution in [3.63, 3.8) is 0 Å². The molecule has 3 rings (SSSR count). The molecule has 0 spiro atoms. The first-order valence-corrected chi connectivity index (χ1v) is 6.09. The Morgan fingerprint density at radius 3 is 2.74 bits per heavy atom. The van der Waals surface area contributed by atoms with Gasteiger partial charge in [-0.1, -0.05) is 0 Å². The van der Waals surface area contributed by atoms with Crippen LogP contribution in [0.1, 0.15) is 11.5 Å². The van der Waals surface area contributed by atoms with Gasteiger partial charge < -0.3 is 14.0 Å². The number of nitrogens with one attached hydrogen (secondary N) is 1. The molecule has 2 heterocycles. The van der Waals surface area contributed by atoms with Gasteiger partial charge in [0, 0.05) is 0 Å². The minimum atomic E-state index is -0.909. The molecule has 0 atom stereocenters. The summed E-state index contributed by atoms with van der Waals surface area (Å²) in [6.07, 6.45) is 0. The number of furan rings is 1. The Hall–Kier alpha value is -1.95. The first-order chi connectivity index (χ1) is 9.06. The molecule has 0 aliphatic carbocycles. The van der Waals surface area contributed by atoms with Crippen LogP contribution in [0.5, 0.6) is 0 Å². The van der Waals surface area contributed by atoms with E-state index in [1.807, 2.05) is 13.0 Å². The second kappa shape index (κ2) is 4.31. The molecule has 0 fully saturated rings. The quantitative estimate of drug-likeness (QED) is 0.722.